The largest absolute Gasteiger partial charge is 0.468 e. The van der Waals surface area contributed by atoms with Crippen LogP contribution in [0.3, 0.4) is 0 Å². The first-order valence-electron chi connectivity index (χ1n) is 4.25. The van der Waals surface area contributed by atoms with E-state index in [4.69, 9.17) is 0 Å². The summed E-state index contributed by atoms with van der Waals surface area (Å²) in [6.45, 7) is 1.33. The van der Waals surface area contributed by atoms with E-state index >= 15 is 0 Å². The molecule has 0 N–H and O–H groups in total. The van der Waals surface area contributed by atoms with Crippen LogP contribution in [-0.4, -0.2) is 43.6 Å². The predicted octanol–water partition coefficient (Wildman–Crippen LogP) is 0.275. The van der Waals surface area contributed by atoms with Crippen molar-refractivity contribution < 1.29 is 28.6 Å². The van der Waals surface area contributed by atoms with Crippen LogP contribution >= 0.6 is 15.9 Å². The highest BCUT2D eigenvalue weighted by atomic mass is 79.9. The number of esters is 3. The van der Waals surface area contributed by atoms with Crippen LogP contribution < -0.4 is 0 Å². The molecule has 0 aromatic rings. The van der Waals surface area contributed by atoms with Crippen LogP contribution in [0.5, 0.6) is 0 Å². The summed E-state index contributed by atoms with van der Waals surface area (Å²) >= 11 is 2.98. The molecule has 0 rings (SSSR count). The Morgan fingerprint density at radius 1 is 1.00 bits per heavy atom. The molecule has 0 spiro atoms. The smallest absolute Gasteiger partial charge is 0.323 e. The molecular weight excluding hydrogens is 284 g/mol. The van der Waals surface area contributed by atoms with Gasteiger partial charge in [0.25, 0.3) is 0 Å². The zero-order valence-electron chi connectivity index (χ0n) is 9.40. The zero-order valence-corrected chi connectivity index (χ0v) is 11.0. The highest BCUT2D eigenvalue weighted by Crippen LogP contribution is 2.31. The predicted molar refractivity (Wildman–Crippen MR) is 56.9 cm³/mol. The van der Waals surface area contributed by atoms with Crippen LogP contribution in [0.1, 0.15) is 6.92 Å². The second-order valence-corrected chi connectivity index (χ2v) is 4.69. The monoisotopic (exact) mass is 296 g/mol. The first-order chi connectivity index (χ1) is 7.32. The van der Waals surface area contributed by atoms with Gasteiger partial charge in [0.15, 0.2) is 5.92 Å². The summed E-state index contributed by atoms with van der Waals surface area (Å²) in [5.41, 5.74) is 0. The molecule has 0 heterocycles. The van der Waals surface area contributed by atoms with Gasteiger partial charge in [-0.1, -0.05) is 15.9 Å². The van der Waals surface area contributed by atoms with E-state index in [1.165, 1.54) is 6.92 Å². The van der Waals surface area contributed by atoms with Crippen molar-refractivity contribution in [3.8, 4) is 0 Å². The Morgan fingerprint density at radius 3 is 1.62 bits per heavy atom. The van der Waals surface area contributed by atoms with E-state index in [0.717, 1.165) is 21.3 Å². The van der Waals surface area contributed by atoms with Gasteiger partial charge in [0, 0.05) is 0 Å². The molecular formula is C9H13BrO6. The van der Waals surface area contributed by atoms with E-state index in [1.54, 1.807) is 0 Å². The van der Waals surface area contributed by atoms with Gasteiger partial charge in [-0.15, -0.1) is 0 Å². The van der Waals surface area contributed by atoms with Crippen molar-refractivity contribution in [1.29, 1.82) is 0 Å². The van der Waals surface area contributed by atoms with E-state index in [0.29, 0.717) is 0 Å². The van der Waals surface area contributed by atoms with Crippen LogP contribution in [0.2, 0.25) is 0 Å². The summed E-state index contributed by atoms with van der Waals surface area (Å²) < 4.78 is 11.8. The summed E-state index contributed by atoms with van der Waals surface area (Å²) in [7, 11) is 3.37. The molecule has 1 atom stereocenters. The number of carbonyl (C=O) groups excluding carboxylic acids is 3. The quantitative estimate of drug-likeness (QED) is 0.321. The Bertz CT molecular complexity index is 282. The molecule has 6 nitrogen and oxygen atoms in total. The average molecular weight is 297 g/mol. The molecule has 0 aliphatic carbocycles. The number of hydrogen-bond acceptors (Lipinski definition) is 6. The molecule has 0 aromatic carbocycles. The van der Waals surface area contributed by atoms with Gasteiger partial charge in [-0.2, -0.15) is 0 Å². The minimum Gasteiger partial charge on any atom is -0.468 e. The third-order valence-electron chi connectivity index (χ3n) is 2.00. The summed E-state index contributed by atoms with van der Waals surface area (Å²) in [6.07, 6.45) is 0. The van der Waals surface area contributed by atoms with Crippen molar-refractivity contribution in [2.45, 2.75) is 11.2 Å². The Hall–Kier alpha value is -1.11. The van der Waals surface area contributed by atoms with Gasteiger partial charge in [0.1, 0.15) is 4.32 Å². The lowest BCUT2D eigenvalue weighted by Crippen LogP contribution is -2.47. The number of ether oxygens (including phenoxy) is 3. The summed E-state index contributed by atoms with van der Waals surface area (Å²) in [6, 6.07) is 0. The molecule has 0 radical (unpaired) electrons. The minimum absolute atomic E-state index is 0.770. The van der Waals surface area contributed by atoms with Gasteiger partial charge in [0.05, 0.1) is 21.3 Å². The first kappa shape index (κ1) is 14.9. The van der Waals surface area contributed by atoms with Crippen LogP contribution in [0.4, 0.5) is 0 Å². The maximum Gasteiger partial charge on any atom is 0.323 e. The Balaban J connectivity index is 5.25. The van der Waals surface area contributed by atoms with Crippen molar-refractivity contribution in [2.24, 2.45) is 5.92 Å². The van der Waals surface area contributed by atoms with E-state index in [2.05, 4.69) is 30.1 Å². The van der Waals surface area contributed by atoms with Gasteiger partial charge in [-0.3, -0.25) is 14.4 Å². The number of rotatable bonds is 4. The molecule has 0 saturated carbocycles. The van der Waals surface area contributed by atoms with Crippen molar-refractivity contribution in [3.05, 3.63) is 0 Å². The number of methoxy groups -OCH3 is 3. The van der Waals surface area contributed by atoms with Gasteiger partial charge < -0.3 is 14.2 Å². The van der Waals surface area contributed by atoms with Gasteiger partial charge >= 0.3 is 17.9 Å². The molecule has 0 fully saturated rings. The van der Waals surface area contributed by atoms with Crippen molar-refractivity contribution in [2.75, 3.05) is 21.3 Å². The second-order valence-electron chi connectivity index (χ2n) is 3.05. The lowest BCUT2D eigenvalue weighted by atomic mass is 9.94. The molecule has 92 valence electrons. The molecule has 0 aliphatic rings. The van der Waals surface area contributed by atoms with Crippen LogP contribution in [0.25, 0.3) is 0 Å². The fourth-order valence-electron chi connectivity index (χ4n) is 1.09. The fraction of sp³-hybridized carbons (Fsp3) is 0.667. The minimum atomic E-state index is -1.53. The maximum absolute atomic E-state index is 11.4. The Kier molecular flexibility index (Phi) is 5.43. The standard InChI is InChI=1S/C9H13BrO6/c1-9(10,8(13)16-4)5(6(11)14-2)7(12)15-3/h5H,1-4H3/t9-/m0/s1. The summed E-state index contributed by atoms with van der Waals surface area (Å²) in [5.74, 6) is -3.95. The normalized spacial score (nSPS) is 13.9. The lowest BCUT2D eigenvalue weighted by molar-refractivity contribution is -0.165. The van der Waals surface area contributed by atoms with Gasteiger partial charge in [0.2, 0.25) is 0 Å². The molecule has 0 saturated heterocycles. The Labute approximate surface area is 101 Å². The van der Waals surface area contributed by atoms with Crippen LogP contribution in [-0.2, 0) is 28.6 Å². The number of carbonyl (C=O) groups is 3. The average Bonchev–Trinajstić information content (AvgIpc) is 2.26. The van der Waals surface area contributed by atoms with Crippen LogP contribution in [0, 0.1) is 5.92 Å². The van der Waals surface area contributed by atoms with E-state index in [-0.39, 0.29) is 0 Å². The topological polar surface area (TPSA) is 78.9 Å². The van der Waals surface area contributed by atoms with Gasteiger partial charge in [-0.05, 0) is 6.92 Å². The maximum atomic E-state index is 11.4. The molecule has 0 aromatic heterocycles. The van der Waals surface area contributed by atoms with Crippen molar-refractivity contribution >= 4 is 33.8 Å². The number of alkyl halides is 1. The van der Waals surface area contributed by atoms with Gasteiger partial charge in [-0.25, -0.2) is 0 Å². The second kappa shape index (κ2) is 5.83. The highest BCUT2D eigenvalue weighted by Gasteiger charge is 2.50. The third-order valence-corrected chi connectivity index (χ3v) is 2.78. The number of hydrogen-bond donors (Lipinski definition) is 0. The molecule has 0 bridgehead atoms. The number of halogens is 1. The fourth-order valence-corrected chi connectivity index (χ4v) is 1.63. The van der Waals surface area contributed by atoms with E-state index in [9.17, 15) is 14.4 Å². The first-order valence-corrected chi connectivity index (χ1v) is 5.05. The highest BCUT2D eigenvalue weighted by molar-refractivity contribution is 9.10. The zero-order chi connectivity index (χ0) is 12.9. The third kappa shape index (κ3) is 2.94. The molecule has 0 amide bonds. The Morgan fingerprint density at radius 2 is 1.38 bits per heavy atom. The van der Waals surface area contributed by atoms with Crippen LogP contribution in [0.15, 0.2) is 0 Å². The van der Waals surface area contributed by atoms with E-state index in [1.807, 2.05) is 0 Å². The van der Waals surface area contributed by atoms with Crippen molar-refractivity contribution in [1.82, 2.24) is 0 Å². The summed E-state index contributed by atoms with van der Waals surface area (Å²) in [4.78, 5) is 34.3. The molecule has 0 aliphatic heterocycles. The molecule has 0 unspecified atom stereocenters. The van der Waals surface area contributed by atoms with Crippen molar-refractivity contribution in [3.63, 3.8) is 0 Å². The summed E-state index contributed by atoms with van der Waals surface area (Å²) in [5, 5.41) is 0. The lowest BCUT2D eigenvalue weighted by Gasteiger charge is -2.25. The molecule has 7 heteroatoms. The van der Waals surface area contributed by atoms with E-state index < -0.39 is 28.2 Å². The SMILES string of the molecule is COC(=O)C(C(=O)OC)[C@](C)(Br)C(=O)OC. The molecule has 16 heavy (non-hydrogen) atoms.